The van der Waals surface area contributed by atoms with Crippen molar-refractivity contribution in [2.45, 2.75) is 0 Å². The van der Waals surface area contributed by atoms with Crippen LogP contribution in [0.2, 0.25) is 0 Å². The third-order valence-electron chi connectivity index (χ3n) is 2.20. The Morgan fingerprint density at radius 1 is 1.06 bits per heavy atom. The van der Waals surface area contributed by atoms with Crippen LogP contribution in [-0.4, -0.2) is 17.9 Å². The molecule has 1 aromatic heterocycles. The van der Waals surface area contributed by atoms with Crippen LogP contribution in [0.25, 0.3) is 0 Å². The second kappa shape index (κ2) is 4.57. The van der Waals surface area contributed by atoms with E-state index in [0.717, 1.165) is 0 Å². The number of hydrogen-bond donors (Lipinski definition) is 0. The van der Waals surface area contributed by atoms with Crippen molar-refractivity contribution in [1.82, 2.24) is 4.98 Å². The van der Waals surface area contributed by atoms with E-state index in [1.807, 2.05) is 18.2 Å². The number of carbonyl (C=O) groups excluding carboxylic acids is 1. The molecule has 0 aliphatic rings. The summed E-state index contributed by atoms with van der Waals surface area (Å²) in [5.41, 5.74) is 1.02. The minimum Gasteiger partial charge on any atom is -0.481 e. The van der Waals surface area contributed by atoms with Gasteiger partial charge in [-0.05, 0) is 6.07 Å². The standard InChI is InChI=1S/C13H11NO2/c1-16-12-9-5-8-11(14-12)13(15)10-6-3-2-4-7-10/h2-9H,1H3. The number of benzene rings is 1. The number of hydrogen-bond acceptors (Lipinski definition) is 3. The van der Waals surface area contributed by atoms with Crippen LogP contribution in [0.15, 0.2) is 48.5 Å². The molecule has 1 aromatic carbocycles. The number of rotatable bonds is 3. The second-order valence-electron chi connectivity index (χ2n) is 3.26. The van der Waals surface area contributed by atoms with Crippen molar-refractivity contribution in [3.05, 3.63) is 59.8 Å². The molecule has 0 fully saturated rings. The molecule has 0 saturated carbocycles. The predicted octanol–water partition coefficient (Wildman–Crippen LogP) is 2.32. The van der Waals surface area contributed by atoms with Crippen LogP contribution in [-0.2, 0) is 0 Å². The van der Waals surface area contributed by atoms with Crippen LogP contribution >= 0.6 is 0 Å². The molecule has 0 N–H and O–H groups in total. The molecule has 0 aliphatic heterocycles. The Kier molecular flexibility index (Phi) is 2.96. The third-order valence-corrected chi connectivity index (χ3v) is 2.20. The van der Waals surface area contributed by atoms with E-state index in [0.29, 0.717) is 17.1 Å². The van der Waals surface area contributed by atoms with Crippen molar-refractivity contribution in [3.8, 4) is 5.88 Å². The van der Waals surface area contributed by atoms with Crippen molar-refractivity contribution < 1.29 is 9.53 Å². The van der Waals surface area contributed by atoms with Crippen LogP contribution in [0.3, 0.4) is 0 Å². The lowest BCUT2D eigenvalue weighted by molar-refractivity contribution is 0.103. The van der Waals surface area contributed by atoms with Crippen LogP contribution in [0.4, 0.5) is 0 Å². The summed E-state index contributed by atoms with van der Waals surface area (Å²) < 4.78 is 4.98. The first-order valence-electron chi connectivity index (χ1n) is 4.92. The van der Waals surface area contributed by atoms with Crippen LogP contribution in [0.1, 0.15) is 16.1 Å². The molecule has 1 heterocycles. The zero-order valence-electron chi connectivity index (χ0n) is 8.88. The maximum absolute atomic E-state index is 12.0. The van der Waals surface area contributed by atoms with E-state index in [2.05, 4.69) is 4.98 Å². The van der Waals surface area contributed by atoms with Gasteiger partial charge in [0.05, 0.1) is 7.11 Å². The molecule has 0 amide bonds. The van der Waals surface area contributed by atoms with Gasteiger partial charge in [0, 0.05) is 11.6 Å². The maximum Gasteiger partial charge on any atom is 0.213 e. The average Bonchev–Trinajstić information content (AvgIpc) is 2.39. The Morgan fingerprint density at radius 3 is 2.50 bits per heavy atom. The fraction of sp³-hybridized carbons (Fsp3) is 0.0769. The van der Waals surface area contributed by atoms with E-state index < -0.39 is 0 Å². The molecule has 0 radical (unpaired) electrons. The highest BCUT2D eigenvalue weighted by atomic mass is 16.5. The highest BCUT2D eigenvalue weighted by Gasteiger charge is 2.10. The molecule has 3 heteroatoms. The van der Waals surface area contributed by atoms with Gasteiger partial charge in [-0.25, -0.2) is 4.98 Å². The number of nitrogens with zero attached hydrogens (tertiary/aromatic N) is 1. The molecule has 16 heavy (non-hydrogen) atoms. The first kappa shape index (κ1) is 10.4. The molecular weight excluding hydrogens is 202 g/mol. The minimum atomic E-state index is -0.0977. The van der Waals surface area contributed by atoms with Gasteiger partial charge in [-0.1, -0.05) is 36.4 Å². The molecule has 0 aliphatic carbocycles. The molecule has 2 rings (SSSR count). The molecule has 2 aromatic rings. The van der Waals surface area contributed by atoms with Crippen LogP contribution in [0, 0.1) is 0 Å². The van der Waals surface area contributed by atoms with E-state index >= 15 is 0 Å². The van der Waals surface area contributed by atoms with E-state index in [4.69, 9.17) is 4.74 Å². The Bertz CT molecular complexity index is 494. The quantitative estimate of drug-likeness (QED) is 0.734. The summed E-state index contributed by atoms with van der Waals surface area (Å²) >= 11 is 0. The van der Waals surface area contributed by atoms with E-state index in [1.165, 1.54) is 7.11 Å². The fourth-order valence-corrected chi connectivity index (χ4v) is 1.39. The highest BCUT2D eigenvalue weighted by Crippen LogP contribution is 2.11. The minimum absolute atomic E-state index is 0.0977. The molecule has 0 bridgehead atoms. The van der Waals surface area contributed by atoms with Gasteiger partial charge in [0.1, 0.15) is 5.69 Å². The van der Waals surface area contributed by atoms with Gasteiger partial charge < -0.3 is 4.74 Å². The third kappa shape index (κ3) is 2.08. The SMILES string of the molecule is COc1cccc(C(=O)c2ccccc2)n1. The Balaban J connectivity index is 2.34. The zero-order chi connectivity index (χ0) is 11.4. The zero-order valence-corrected chi connectivity index (χ0v) is 8.88. The monoisotopic (exact) mass is 213 g/mol. The summed E-state index contributed by atoms with van der Waals surface area (Å²) in [5.74, 6) is 0.348. The largest absolute Gasteiger partial charge is 0.481 e. The van der Waals surface area contributed by atoms with Gasteiger partial charge in [0.15, 0.2) is 0 Å². The molecule has 0 atom stereocenters. The fourth-order valence-electron chi connectivity index (χ4n) is 1.39. The summed E-state index contributed by atoms with van der Waals surface area (Å²) in [5, 5.41) is 0. The Labute approximate surface area is 93.7 Å². The van der Waals surface area contributed by atoms with Crippen molar-refractivity contribution in [2.75, 3.05) is 7.11 Å². The number of ether oxygens (including phenoxy) is 1. The summed E-state index contributed by atoms with van der Waals surface area (Å²) in [6.45, 7) is 0. The molecule has 3 nitrogen and oxygen atoms in total. The van der Waals surface area contributed by atoms with E-state index in [-0.39, 0.29) is 5.78 Å². The number of methoxy groups -OCH3 is 1. The summed E-state index contributed by atoms with van der Waals surface area (Å²) in [4.78, 5) is 16.1. The van der Waals surface area contributed by atoms with E-state index in [9.17, 15) is 4.79 Å². The summed E-state index contributed by atoms with van der Waals surface area (Å²) in [7, 11) is 1.53. The van der Waals surface area contributed by atoms with Crippen molar-refractivity contribution >= 4 is 5.78 Å². The van der Waals surface area contributed by atoms with Gasteiger partial charge in [-0.15, -0.1) is 0 Å². The number of carbonyl (C=O) groups is 1. The molecule has 80 valence electrons. The molecule has 0 spiro atoms. The number of aromatic nitrogens is 1. The second-order valence-corrected chi connectivity index (χ2v) is 3.26. The van der Waals surface area contributed by atoms with Crippen LogP contribution in [0.5, 0.6) is 5.88 Å². The first-order chi connectivity index (χ1) is 7.81. The van der Waals surface area contributed by atoms with Gasteiger partial charge in [0.2, 0.25) is 11.7 Å². The highest BCUT2D eigenvalue weighted by molar-refractivity contribution is 6.07. The lowest BCUT2D eigenvalue weighted by Crippen LogP contribution is -2.04. The van der Waals surface area contributed by atoms with E-state index in [1.54, 1.807) is 30.3 Å². The van der Waals surface area contributed by atoms with Gasteiger partial charge >= 0.3 is 0 Å². The molecule has 0 unspecified atom stereocenters. The number of pyridine rings is 1. The molecule has 0 saturated heterocycles. The van der Waals surface area contributed by atoms with Gasteiger partial charge in [-0.3, -0.25) is 4.79 Å². The van der Waals surface area contributed by atoms with Crippen LogP contribution < -0.4 is 4.74 Å². The smallest absolute Gasteiger partial charge is 0.213 e. The lowest BCUT2D eigenvalue weighted by Gasteiger charge is -2.02. The van der Waals surface area contributed by atoms with Crippen molar-refractivity contribution in [2.24, 2.45) is 0 Å². The normalized spacial score (nSPS) is 9.81. The van der Waals surface area contributed by atoms with Gasteiger partial charge in [0.25, 0.3) is 0 Å². The van der Waals surface area contributed by atoms with Crippen molar-refractivity contribution in [1.29, 1.82) is 0 Å². The molecular formula is C13H11NO2. The maximum atomic E-state index is 12.0. The summed E-state index contributed by atoms with van der Waals surface area (Å²) in [6.07, 6.45) is 0. The predicted molar refractivity (Wildman–Crippen MR) is 60.7 cm³/mol. The summed E-state index contributed by atoms with van der Waals surface area (Å²) in [6, 6.07) is 14.2. The number of ketones is 1. The Hall–Kier alpha value is -2.16. The van der Waals surface area contributed by atoms with Crippen molar-refractivity contribution in [3.63, 3.8) is 0 Å². The first-order valence-corrected chi connectivity index (χ1v) is 4.92. The Morgan fingerprint density at radius 2 is 1.81 bits per heavy atom. The average molecular weight is 213 g/mol. The topological polar surface area (TPSA) is 39.2 Å². The lowest BCUT2D eigenvalue weighted by atomic mass is 10.1. The van der Waals surface area contributed by atoms with Gasteiger partial charge in [-0.2, -0.15) is 0 Å².